The number of aromatic carboxylic acids is 1. The molecular weight excluding hydrogens is 208 g/mol. The van der Waals surface area contributed by atoms with Crippen LogP contribution in [0.4, 0.5) is 0 Å². The van der Waals surface area contributed by atoms with Crippen molar-refractivity contribution in [1.29, 1.82) is 0 Å². The van der Waals surface area contributed by atoms with Gasteiger partial charge in [-0.1, -0.05) is 6.07 Å². The van der Waals surface area contributed by atoms with E-state index >= 15 is 0 Å². The molecule has 0 spiro atoms. The number of benzene rings is 1. The molecule has 0 heterocycles. The molecule has 0 saturated carbocycles. The third-order valence-electron chi connectivity index (χ3n) is 1.84. The summed E-state index contributed by atoms with van der Waals surface area (Å²) in [4.78, 5) is 11.5. The second-order valence-electron chi connectivity index (χ2n) is 2.81. The Balaban J connectivity index is 3.30. The summed E-state index contributed by atoms with van der Waals surface area (Å²) in [6.07, 6.45) is 0. The van der Waals surface area contributed by atoms with E-state index in [0.29, 0.717) is 5.56 Å². The van der Waals surface area contributed by atoms with Gasteiger partial charge in [-0.05, 0) is 52.7 Å². The lowest BCUT2D eigenvalue weighted by Gasteiger charge is -2.05. The molecule has 0 fully saturated rings. The van der Waals surface area contributed by atoms with Crippen LogP contribution in [-0.4, -0.2) is 11.1 Å². The van der Waals surface area contributed by atoms with Gasteiger partial charge in [0, 0.05) is 4.90 Å². The zero-order valence-electron chi connectivity index (χ0n) is 7.30. The maximum atomic E-state index is 10.7. The molecule has 0 saturated heterocycles. The van der Waals surface area contributed by atoms with Crippen LogP contribution in [-0.2, 0) is 0 Å². The van der Waals surface area contributed by atoms with Gasteiger partial charge in [-0.25, -0.2) is 4.79 Å². The molecule has 13 heavy (non-hydrogen) atoms. The monoisotopic (exact) mass is 216 g/mol. The third-order valence-corrected chi connectivity index (χ3v) is 2.94. The van der Waals surface area contributed by atoms with Gasteiger partial charge in [-0.2, -0.15) is 0 Å². The summed E-state index contributed by atoms with van der Waals surface area (Å²) in [6.45, 7) is 3.68. The van der Waals surface area contributed by atoms with Crippen LogP contribution in [0.15, 0.2) is 17.0 Å². The van der Waals surface area contributed by atoms with Gasteiger partial charge in [0.1, 0.15) is 0 Å². The molecule has 0 aliphatic heterocycles. The largest absolute Gasteiger partial charge is 0.478 e. The van der Waals surface area contributed by atoms with Crippen LogP contribution in [0.2, 0.25) is 0 Å². The third kappa shape index (κ3) is 2.17. The lowest BCUT2D eigenvalue weighted by Crippen LogP contribution is -2.00. The molecule has 70 valence electrons. The van der Waals surface area contributed by atoms with Crippen molar-refractivity contribution in [1.82, 2.24) is 0 Å². The van der Waals surface area contributed by atoms with Crippen molar-refractivity contribution in [2.75, 3.05) is 0 Å². The molecule has 1 aromatic rings. The van der Waals surface area contributed by atoms with E-state index in [0.717, 1.165) is 27.0 Å². The zero-order chi connectivity index (χ0) is 10.0. The molecule has 0 aromatic heterocycles. The Morgan fingerprint density at radius 1 is 1.38 bits per heavy atom. The minimum atomic E-state index is -0.913. The summed E-state index contributed by atoms with van der Waals surface area (Å²) in [7, 11) is 6.63. The van der Waals surface area contributed by atoms with Crippen LogP contribution in [0.1, 0.15) is 21.5 Å². The van der Waals surface area contributed by atoms with Crippen LogP contribution < -0.4 is 0 Å². The van der Waals surface area contributed by atoms with Crippen molar-refractivity contribution in [2.45, 2.75) is 18.7 Å². The lowest BCUT2D eigenvalue weighted by molar-refractivity contribution is 0.0696. The van der Waals surface area contributed by atoms with Gasteiger partial charge in [0.25, 0.3) is 0 Å². The van der Waals surface area contributed by atoms with Crippen LogP contribution in [0, 0.1) is 13.8 Å². The summed E-state index contributed by atoms with van der Waals surface area (Å²) in [6, 6.07) is 3.43. The first-order chi connectivity index (χ1) is 6.06. The molecule has 0 unspecified atom stereocenters. The number of halogens is 1. The van der Waals surface area contributed by atoms with Gasteiger partial charge in [0.05, 0.1) is 5.56 Å². The summed E-state index contributed by atoms with van der Waals surface area (Å²) in [5.74, 6) is -0.913. The van der Waals surface area contributed by atoms with Crippen molar-refractivity contribution in [2.24, 2.45) is 0 Å². The van der Waals surface area contributed by atoms with Crippen LogP contribution in [0.3, 0.4) is 0 Å². The highest BCUT2D eigenvalue weighted by atomic mass is 35.7. The van der Waals surface area contributed by atoms with E-state index in [1.165, 1.54) is 0 Å². The van der Waals surface area contributed by atoms with Crippen molar-refractivity contribution < 1.29 is 9.90 Å². The highest BCUT2D eigenvalue weighted by Crippen LogP contribution is 2.28. The Kier molecular flexibility index (Phi) is 3.22. The molecule has 4 heteroatoms. The van der Waals surface area contributed by atoms with Crippen LogP contribution in [0.25, 0.3) is 0 Å². The van der Waals surface area contributed by atoms with E-state index < -0.39 is 5.97 Å². The molecule has 0 amide bonds. The van der Waals surface area contributed by atoms with Crippen molar-refractivity contribution >= 4 is 27.6 Å². The van der Waals surface area contributed by atoms with E-state index in [2.05, 4.69) is 0 Å². The van der Waals surface area contributed by atoms with Crippen molar-refractivity contribution in [3.63, 3.8) is 0 Å². The molecule has 0 bridgehead atoms. The maximum absolute atomic E-state index is 10.7. The Morgan fingerprint density at radius 3 is 2.46 bits per heavy atom. The Morgan fingerprint density at radius 2 is 2.00 bits per heavy atom. The van der Waals surface area contributed by atoms with E-state index in [4.69, 9.17) is 15.8 Å². The topological polar surface area (TPSA) is 37.3 Å². The molecule has 1 rings (SSSR count). The van der Waals surface area contributed by atoms with E-state index in [-0.39, 0.29) is 0 Å². The van der Waals surface area contributed by atoms with Crippen molar-refractivity contribution in [3.05, 3.63) is 28.8 Å². The number of carbonyl (C=O) groups is 1. The number of hydrogen-bond donors (Lipinski definition) is 1. The van der Waals surface area contributed by atoms with Gasteiger partial charge in [-0.3, -0.25) is 0 Å². The van der Waals surface area contributed by atoms with Gasteiger partial charge in [-0.15, -0.1) is 0 Å². The smallest absolute Gasteiger partial charge is 0.335 e. The number of carboxylic acid groups (broad SMARTS) is 1. The molecule has 1 N–H and O–H groups in total. The Hall–Kier alpha value is -0.670. The van der Waals surface area contributed by atoms with Gasteiger partial charge in [0.15, 0.2) is 0 Å². The number of hydrogen-bond acceptors (Lipinski definition) is 2. The highest BCUT2D eigenvalue weighted by molar-refractivity contribution is 8.21. The maximum Gasteiger partial charge on any atom is 0.335 e. The lowest BCUT2D eigenvalue weighted by atomic mass is 10.1. The average molecular weight is 217 g/mol. The fraction of sp³-hybridized carbons (Fsp3) is 0.222. The molecule has 0 atom stereocenters. The quantitative estimate of drug-likeness (QED) is 0.825. The molecular formula is C9H9ClO2S. The first-order valence-corrected chi connectivity index (χ1v) is 5.33. The molecule has 2 nitrogen and oxygen atoms in total. The SMILES string of the molecule is Cc1cc(C)c(C(=O)O)cc1SCl. The molecule has 0 aliphatic rings. The van der Waals surface area contributed by atoms with Crippen molar-refractivity contribution in [3.8, 4) is 0 Å². The van der Waals surface area contributed by atoms with Gasteiger partial charge < -0.3 is 5.11 Å². The number of aryl methyl sites for hydroxylation is 2. The summed E-state index contributed by atoms with van der Waals surface area (Å²) in [5, 5.41) is 8.82. The fourth-order valence-electron chi connectivity index (χ4n) is 1.15. The molecule has 0 radical (unpaired) electrons. The van der Waals surface area contributed by atoms with Crippen LogP contribution in [0.5, 0.6) is 0 Å². The summed E-state index contributed by atoms with van der Waals surface area (Å²) >= 11 is 0. The predicted molar refractivity (Wildman–Crippen MR) is 54.6 cm³/mol. The summed E-state index contributed by atoms with van der Waals surface area (Å²) in [5.41, 5.74) is 2.08. The number of carboxylic acids is 1. The first kappa shape index (κ1) is 10.4. The van der Waals surface area contributed by atoms with E-state index in [1.54, 1.807) is 13.0 Å². The predicted octanol–water partition coefficient (Wildman–Crippen LogP) is 3.25. The molecule has 1 aromatic carbocycles. The second-order valence-corrected chi connectivity index (χ2v) is 3.87. The Bertz CT molecular complexity index is 350. The standard InChI is InChI=1S/C9H9ClO2S/c1-5-3-6(2)8(13-10)4-7(5)9(11)12/h3-4H,1-2H3,(H,11,12). The fourth-order valence-corrected chi connectivity index (χ4v) is 1.99. The first-order valence-electron chi connectivity index (χ1n) is 3.69. The number of rotatable bonds is 2. The minimum Gasteiger partial charge on any atom is -0.478 e. The van der Waals surface area contributed by atoms with E-state index in [1.807, 2.05) is 13.0 Å². The normalized spacial score (nSPS) is 10.1. The average Bonchev–Trinajstić information content (AvgIpc) is 2.03. The Labute approximate surface area is 85.4 Å². The zero-order valence-corrected chi connectivity index (χ0v) is 8.87. The molecule has 0 aliphatic carbocycles. The second kappa shape index (κ2) is 4.03. The highest BCUT2D eigenvalue weighted by Gasteiger charge is 2.09. The van der Waals surface area contributed by atoms with Gasteiger partial charge in [0.2, 0.25) is 0 Å². The van der Waals surface area contributed by atoms with E-state index in [9.17, 15) is 4.79 Å². The van der Waals surface area contributed by atoms with Gasteiger partial charge >= 0.3 is 5.97 Å². The minimum absolute atomic E-state index is 0.314. The van der Waals surface area contributed by atoms with Crippen LogP contribution >= 0.6 is 21.7 Å². The summed E-state index contributed by atoms with van der Waals surface area (Å²) < 4.78 is 0.